The van der Waals surface area contributed by atoms with Gasteiger partial charge in [0.25, 0.3) is 5.91 Å². The van der Waals surface area contributed by atoms with Crippen LogP contribution in [-0.2, 0) is 6.54 Å². The third-order valence-corrected chi connectivity index (χ3v) is 3.78. The average Bonchev–Trinajstić information content (AvgIpc) is 2.61. The van der Waals surface area contributed by atoms with E-state index in [9.17, 15) is 14.0 Å². The smallest absolute Gasteiger partial charge is 0.319 e. The number of halogens is 1. The van der Waals surface area contributed by atoms with Crippen molar-refractivity contribution in [2.24, 2.45) is 5.92 Å². The Balaban J connectivity index is 1.81. The van der Waals surface area contributed by atoms with E-state index in [0.717, 1.165) is 12.0 Å². The van der Waals surface area contributed by atoms with Gasteiger partial charge in [0.2, 0.25) is 0 Å². The Labute approximate surface area is 153 Å². The van der Waals surface area contributed by atoms with Crippen molar-refractivity contribution in [2.45, 2.75) is 26.8 Å². The summed E-state index contributed by atoms with van der Waals surface area (Å²) in [6.45, 7) is 5.13. The minimum absolute atomic E-state index is 0.234. The molecule has 0 spiro atoms. The van der Waals surface area contributed by atoms with Crippen molar-refractivity contribution in [3.05, 3.63) is 65.5 Å². The lowest BCUT2D eigenvalue weighted by Gasteiger charge is -2.10. The van der Waals surface area contributed by atoms with Crippen molar-refractivity contribution >= 4 is 17.6 Å². The summed E-state index contributed by atoms with van der Waals surface area (Å²) in [7, 11) is 0. The number of benzene rings is 2. The first-order valence-electron chi connectivity index (χ1n) is 8.61. The van der Waals surface area contributed by atoms with Crippen molar-refractivity contribution in [2.75, 3.05) is 11.9 Å². The zero-order chi connectivity index (χ0) is 18.9. The van der Waals surface area contributed by atoms with Crippen LogP contribution in [0.15, 0.2) is 48.5 Å². The second kappa shape index (κ2) is 9.56. The molecule has 0 heterocycles. The Bertz CT molecular complexity index is 728. The second-order valence-electron chi connectivity index (χ2n) is 6.45. The molecular weight excluding hydrogens is 333 g/mol. The number of hydrogen-bond donors (Lipinski definition) is 3. The zero-order valence-corrected chi connectivity index (χ0v) is 15.0. The molecule has 0 saturated heterocycles. The molecule has 0 aliphatic carbocycles. The maximum atomic E-state index is 12.9. The monoisotopic (exact) mass is 357 g/mol. The third-order valence-electron chi connectivity index (χ3n) is 3.78. The first kappa shape index (κ1) is 19.4. The highest BCUT2D eigenvalue weighted by molar-refractivity contribution is 5.95. The minimum Gasteiger partial charge on any atom is -0.348 e. The van der Waals surface area contributed by atoms with E-state index >= 15 is 0 Å². The SMILES string of the molecule is CC(C)CCNC(=O)Nc1ccc(C(=O)NCc2ccc(F)cc2)cc1. The van der Waals surface area contributed by atoms with Crippen LogP contribution in [-0.4, -0.2) is 18.5 Å². The van der Waals surface area contributed by atoms with Crippen LogP contribution in [0, 0.1) is 11.7 Å². The van der Waals surface area contributed by atoms with Crippen molar-refractivity contribution < 1.29 is 14.0 Å². The number of rotatable bonds is 7. The maximum Gasteiger partial charge on any atom is 0.319 e. The van der Waals surface area contributed by atoms with Crippen LogP contribution >= 0.6 is 0 Å². The van der Waals surface area contributed by atoms with Crippen LogP contribution in [0.1, 0.15) is 36.2 Å². The normalized spacial score (nSPS) is 10.5. The Morgan fingerprint density at radius 2 is 1.62 bits per heavy atom. The summed E-state index contributed by atoms with van der Waals surface area (Å²) in [4.78, 5) is 23.9. The molecule has 6 heteroatoms. The molecule has 0 aliphatic heterocycles. The van der Waals surface area contributed by atoms with Gasteiger partial charge in [0.15, 0.2) is 0 Å². The van der Waals surface area contributed by atoms with Gasteiger partial charge in [-0.3, -0.25) is 4.79 Å². The largest absolute Gasteiger partial charge is 0.348 e. The lowest BCUT2D eigenvalue weighted by molar-refractivity contribution is 0.0951. The van der Waals surface area contributed by atoms with Gasteiger partial charge in [0.05, 0.1) is 0 Å². The Kier molecular flexibility index (Phi) is 7.14. The molecule has 0 fully saturated rings. The Hall–Kier alpha value is -2.89. The van der Waals surface area contributed by atoms with Gasteiger partial charge in [0.1, 0.15) is 5.82 Å². The van der Waals surface area contributed by atoms with Crippen LogP contribution in [0.25, 0.3) is 0 Å². The molecule has 26 heavy (non-hydrogen) atoms. The third kappa shape index (κ3) is 6.55. The number of amides is 3. The van der Waals surface area contributed by atoms with E-state index < -0.39 is 0 Å². The average molecular weight is 357 g/mol. The van der Waals surface area contributed by atoms with Gasteiger partial charge in [0, 0.05) is 24.3 Å². The molecule has 2 rings (SSSR count). The van der Waals surface area contributed by atoms with Gasteiger partial charge in [-0.25, -0.2) is 9.18 Å². The van der Waals surface area contributed by atoms with Crippen molar-refractivity contribution in [1.29, 1.82) is 0 Å². The number of nitrogens with one attached hydrogen (secondary N) is 3. The summed E-state index contributed by atoms with van der Waals surface area (Å²) < 4.78 is 12.9. The quantitative estimate of drug-likeness (QED) is 0.703. The van der Waals surface area contributed by atoms with Gasteiger partial charge in [-0.1, -0.05) is 26.0 Å². The predicted octanol–water partition coefficient (Wildman–Crippen LogP) is 3.92. The molecule has 138 valence electrons. The van der Waals surface area contributed by atoms with Crippen LogP contribution in [0.5, 0.6) is 0 Å². The molecule has 0 bridgehead atoms. The van der Waals surface area contributed by atoms with Gasteiger partial charge in [-0.05, 0) is 54.3 Å². The molecule has 3 amide bonds. The molecule has 0 aliphatic rings. The molecule has 0 unspecified atom stereocenters. The van der Waals surface area contributed by atoms with Crippen molar-refractivity contribution in [3.63, 3.8) is 0 Å². The number of carbonyl (C=O) groups excluding carboxylic acids is 2. The fourth-order valence-corrected chi connectivity index (χ4v) is 2.24. The molecule has 3 N–H and O–H groups in total. The van der Waals surface area contributed by atoms with Crippen LogP contribution in [0.4, 0.5) is 14.9 Å². The number of anilines is 1. The number of urea groups is 1. The molecule has 2 aromatic rings. The number of hydrogen-bond acceptors (Lipinski definition) is 2. The highest BCUT2D eigenvalue weighted by Gasteiger charge is 2.07. The summed E-state index contributed by atoms with van der Waals surface area (Å²) >= 11 is 0. The van der Waals surface area contributed by atoms with Crippen molar-refractivity contribution in [3.8, 4) is 0 Å². The molecule has 0 radical (unpaired) electrons. The highest BCUT2D eigenvalue weighted by atomic mass is 19.1. The lowest BCUT2D eigenvalue weighted by Crippen LogP contribution is -2.30. The molecule has 0 aromatic heterocycles. The maximum absolute atomic E-state index is 12.9. The van der Waals surface area contributed by atoms with Gasteiger partial charge >= 0.3 is 6.03 Å². The summed E-state index contributed by atoms with van der Waals surface area (Å²) in [6, 6.07) is 12.3. The Morgan fingerprint density at radius 3 is 2.23 bits per heavy atom. The lowest BCUT2D eigenvalue weighted by atomic mass is 10.1. The standard InChI is InChI=1S/C20H24FN3O2/c1-14(2)11-12-22-20(26)24-18-9-5-16(6-10-18)19(25)23-13-15-3-7-17(21)8-4-15/h3-10,14H,11-13H2,1-2H3,(H,23,25)(H2,22,24,26). The van der Waals surface area contributed by atoms with E-state index in [-0.39, 0.29) is 17.8 Å². The minimum atomic E-state index is -0.309. The summed E-state index contributed by atoms with van der Waals surface area (Å²) in [6.07, 6.45) is 0.917. The van der Waals surface area contributed by atoms with Crippen molar-refractivity contribution in [1.82, 2.24) is 10.6 Å². The first-order chi connectivity index (χ1) is 12.4. The van der Waals surface area contributed by atoms with E-state index in [1.54, 1.807) is 36.4 Å². The highest BCUT2D eigenvalue weighted by Crippen LogP contribution is 2.10. The first-order valence-corrected chi connectivity index (χ1v) is 8.61. The van der Waals surface area contributed by atoms with Crippen LogP contribution < -0.4 is 16.0 Å². The fraction of sp³-hybridized carbons (Fsp3) is 0.300. The van der Waals surface area contributed by atoms with Crippen LogP contribution in [0.2, 0.25) is 0 Å². The van der Waals surface area contributed by atoms with Crippen LogP contribution in [0.3, 0.4) is 0 Å². The van der Waals surface area contributed by atoms with E-state index in [2.05, 4.69) is 29.8 Å². The molecular formula is C20H24FN3O2. The summed E-state index contributed by atoms with van der Waals surface area (Å²) in [5.74, 6) is -0.0123. The fourth-order valence-electron chi connectivity index (χ4n) is 2.24. The van der Waals surface area contributed by atoms with Gasteiger partial charge < -0.3 is 16.0 Å². The van der Waals surface area contributed by atoms with E-state index in [1.807, 2.05) is 0 Å². The van der Waals surface area contributed by atoms with Gasteiger partial charge in [-0.2, -0.15) is 0 Å². The van der Waals surface area contributed by atoms with Gasteiger partial charge in [-0.15, -0.1) is 0 Å². The zero-order valence-electron chi connectivity index (χ0n) is 15.0. The van der Waals surface area contributed by atoms with E-state index in [1.165, 1.54) is 12.1 Å². The van der Waals surface area contributed by atoms with E-state index in [0.29, 0.717) is 30.3 Å². The molecule has 5 nitrogen and oxygen atoms in total. The topological polar surface area (TPSA) is 70.2 Å². The Morgan fingerprint density at radius 1 is 0.962 bits per heavy atom. The summed E-state index contributed by atoms with van der Waals surface area (Å²) in [5, 5.41) is 8.29. The predicted molar refractivity (Wildman–Crippen MR) is 100 cm³/mol. The molecule has 2 aromatic carbocycles. The molecule has 0 saturated carbocycles. The summed E-state index contributed by atoms with van der Waals surface area (Å²) in [5.41, 5.74) is 1.91. The number of carbonyl (C=O) groups is 2. The second-order valence-corrected chi connectivity index (χ2v) is 6.45. The molecule has 0 atom stereocenters. The van der Waals surface area contributed by atoms with E-state index in [4.69, 9.17) is 0 Å².